The zero-order chi connectivity index (χ0) is 22.1. The summed E-state index contributed by atoms with van der Waals surface area (Å²) in [5, 5.41) is 3.01. The van der Waals surface area contributed by atoms with Gasteiger partial charge in [-0.1, -0.05) is 66.7 Å². The average molecular weight is 422 g/mol. The van der Waals surface area contributed by atoms with Gasteiger partial charge in [0.05, 0.1) is 11.6 Å². The van der Waals surface area contributed by atoms with E-state index in [0.29, 0.717) is 11.4 Å². The second kappa shape index (κ2) is 8.00. The molecule has 2 heterocycles. The average Bonchev–Trinajstić information content (AvgIpc) is 3.32. The molecule has 0 saturated carbocycles. The maximum absolute atomic E-state index is 13.1. The van der Waals surface area contributed by atoms with E-state index in [-0.39, 0.29) is 17.0 Å². The van der Waals surface area contributed by atoms with Crippen molar-refractivity contribution in [2.75, 3.05) is 10.2 Å². The van der Waals surface area contributed by atoms with Gasteiger partial charge in [-0.2, -0.15) is 0 Å². The van der Waals surface area contributed by atoms with E-state index in [2.05, 4.69) is 5.32 Å². The summed E-state index contributed by atoms with van der Waals surface area (Å²) in [6.07, 6.45) is 1.49. The molecular weight excluding hydrogens is 404 g/mol. The lowest BCUT2D eigenvalue weighted by Crippen LogP contribution is -2.29. The monoisotopic (exact) mass is 422 g/mol. The van der Waals surface area contributed by atoms with Crippen LogP contribution in [0.25, 0.3) is 0 Å². The van der Waals surface area contributed by atoms with Crippen molar-refractivity contribution in [3.8, 4) is 0 Å². The number of hydrogen-bond acceptors (Lipinski definition) is 5. The van der Waals surface area contributed by atoms with E-state index in [4.69, 9.17) is 4.74 Å². The van der Waals surface area contributed by atoms with Gasteiger partial charge in [-0.25, -0.2) is 4.79 Å². The molecule has 0 aliphatic carbocycles. The number of benzene rings is 3. The number of carbonyl (C=O) groups is 3. The molecule has 0 spiro atoms. The van der Waals surface area contributed by atoms with Gasteiger partial charge >= 0.3 is 5.97 Å². The van der Waals surface area contributed by atoms with Gasteiger partial charge < -0.3 is 10.1 Å². The number of para-hydroxylation sites is 2. The quantitative estimate of drug-likeness (QED) is 0.388. The number of nitrogens with zero attached hydrogens (tertiary/aromatic N) is 1. The van der Waals surface area contributed by atoms with Crippen LogP contribution in [0.5, 0.6) is 0 Å². The van der Waals surface area contributed by atoms with Crippen molar-refractivity contribution < 1.29 is 19.1 Å². The van der Waals surface area contributed by atoms with E-state index in [0.717, 1.165) is 5.56 Å². The molecule has 0 radical (unpaired) electrons. The van der Waals surface area contributed by atoms with Crippen LogP contribution in [0.1, 0.15) is 11.6 Å². The smallest absolute Gasteiger partial charge is 0.360 e. The zero-order valence-corrected chi connectivity index (χ0v) is 16.9. The first kappa shape index (κ1) is 19.5. The number of Topliss-reactive ketones (excluding diaryl/α,β-unsaturated/α-hetero) is 1. The summed E-state index contributed by atoms with van der Waals surface area (Å²) in [6.45, 7) is 0. The first-order chi connectivity index (χ1) is 15.6. The minimum Gasteiger partial charge on any atom is -0.421 e. The molecule has 2 aliphatic heterocycles. The summed E-state index contributed by atoms with van der Waals surface area (Å²) < 4.78 is 5.47. The molecule has 1 amide bonds. The maximum atomic E-state index is 13.1. The third kappa shape index (κ3) is 3.37. The van der Waals surface area contributed by atoms with Gasteiger partial charge in [-0.05, 0) is 29.8 Å². The summed E-state index contributed by atoms with van der Waals surface area (Å²) in [4.78, 5) is 40.2. The highest BCUT2D eigenvalue weighted by atomic mass is 16.5. The molecule has 1 N–H and O–H groups in total. The van der Waals surface area contributed by atoms with Crippen LogP contribution in [0, 0.1) is 0 Å². The molecule has 3 aromatic rings. The molecule has 0 unspecified atom stereocenters. The molecule has 156 valence electrons. The Morgan fingerprint density at radius 2 is 1.34 bits per heavy atom. The summed E-state index contributed by atoms with van der Waals surface area (Å²) in [5.41, 5.74) is 2.38. The van der Waals surface area contributed by atoms with Crippen molar-refractivity contribution in [1.82, 2.24) is 0 Å². The Hall–Kier alpha value is -4.45. The molecule has 5 rings (SSSR count). The second-order valence-corrected chi connectivity index (χ2v) is 7.37. The molecule has 1 saturated heterocycles. The summed E-state index contributed by atoms with van der Waals surface area (Å²) >= 11 is 0. The molecule has 1 fully saturated rings. The maximum Gasteiger partial charge on any atom is 0.360 e. The molecular formula is C26H18N2O4. The number of allylic oxidation sites excluding steroid dienone is 1. The van der Waals surface area contributed by atoms with Crippen LogP contribution in [0.15, 0.2) is 114 Å². The lowest BCUT2D eigenvalue weighted by Gasteiger charge is -2.25. The highest BCUT2D eigenvalue weighted by molar-refractivity contribution is 6.51. The fraction of sp³-hybridized carbons (Fsp3) is 0.0385. The highest BCUT2D eigenvalue weighted by Gasteiger charge is 2.47. The Labute approximate surface area is 184 Å². The minimum atomic E-state index is -0.714. The number of carbonyl (C=O) groups excluding carboxylic acids is 3. The summed E-state index contributed by atoms with van der Waals surface area (Å²) in [7, 11) is 0. The summed E-state index contributed by atoms with van der Waals surface area (Å²) in [6, 6.07) is 26.7. The van der Waals surface area contributed by atoms with Crippen molar-refractivity contribution in [1.29, 1.82) is 0 Å². The number of cyclic esters (lactones) is 1. The summed E-state index contributed by atoms with van der Waals surface area (Å²) in [5.74, 6) is -1.88. The second-order valence-electron chi connectivity index (χ2n) is 7.37. The first-order valence-corrected chi connectivity index (χ1v) is 10.1. The lowest BCUT2D eigenvalue weighted by atomic mass is 9.97. The van der Waals surface area contributed by atoms with Crippen LogP contribution in [-0.2, 0) is 19.1 Å². The topological polar surface area (TPSA) is 75.7 Å². The normalized spacial score (nSPS) is 20.4. The van der Waals surface area contributed by atoms with E-state index in [1.54, 1.807) is 24.3 Å². The lowest BCUT2D eigenvalue weighted by molar-refractivity contribution is -0.134. The van der Waals surface area contributed by atoms with E-state index in [1.807, 2.05) is 66.7 Å². The van der Waals surface area contributed by atoms with Crippen LogP contribution in [-0.4, -0.2) is 17.7 Å². The van der Waals surface area contributed by atoms with Crippen molar-refractivity contribution in [2.24, 2.45) is 0 Å². The van der Waals surface area contributed by atoms with Gasteiger partial charge in [0, 0.05) is 17.5 Å². The standard InChI is InChI=1S/C26H18N2O4/c29-24-22(21-16-20(26(31)32-21)27-18-12-6-2-7-13-18)23(17-10-4-1-5-11-17)28(25(24)30)19-14-8-3-9-15-19/h1-16,23,27H/t23-/m0/s1. The Bertz CT molecular complexity index is 1260. The number of hydrogen-bond donors (Lipinski definition) is 1. The van der Waals surface area contributed by atoms with E-state index in [1.165, 1.54) is 11.0 Å². The fourth-order valence-electron chi connectivity index (χ4n) is 3.92. The van der Waals surface area contributed by atoms with Crippen LogP contribution < -0.4 is 10.2 Å². The molecule has 6 nitrogen and oxygen atoms in total. The van der Waals surface area contributed by atoms with Crippen LogP contribution in [0.2, 0.25) is 0 Å². The zero-order valence-electron chi connectivity index (χ0n) is 16.9. The van der Waals surface area contributed by atoms with Gasteiger partial charge in [0.2, 0.25) is 0 Å². The SMILES string of the molecule is O=C1OC(=C2C(=O)C(=O)N(c3ccccc3)[C@H]2c2ccccc2)C=C1Nc1ccccc1. The molecule has 2 aliphatic rings. The van der Waals surface area contributed by atoms with Gasteiger partial charge in [-0.3, -0.25) is 14.5 Å². The molecule has 6 heteroatoms. The largest absolute Gasteiger partial charge is 0.421 e. The van der Waals surface area contributed by atoms with Crippen molar-refractivity contribution >= 4 is 29.0 Å². The first-order valence-electron chi connectivity index (χ1n) is 10.1. The number of anilines is 2. The van der Waals surface area contributed by atoms with E-state index < -0.39 is 23.7 Å². The van der Waals surface area contributed by atoms with Crippen molar-refractivity contribution in [3.05, 3.63) is 120 Å². The van der Waals surface area contributed by atoms with Crippen LogP contribution in [0.3, 0.4) is 0 Å². The number of ketones is 1. The fourth-order valence-corrected chi connectivity index (χ4v) is 3.92. The number of ether oxygens (including phenoxy) is 1. The van der Waals surface area contributed by atoms with Gasteiger partial charge in [-0.15, -0.1) is 0 Å². The molecule has 3 aromatic carbocycles. The highest BCUT2D eigenvalue weighted by Crippen LogP contribution is 2.42. The third-order valence-corrected chi connectivity index (χ3v) is 5.36. The molecule has 1 atom stereocenters. The molecule has 32 heavy (non-hydrogen) atoms. The predicted molar refractivity (Wildman–Crippen MR) is 119 cm³/mol. The van der Waals surface area contributed by atoms with Gasteiger partial charge in [0.25, 0.3) is 11.7 Å². The predicted octanol–water partition coefficient (Wildman–Crippen LogP) is 4.15. The third-order valence-electron chi connectivity index (χ3n) is 5.36. The minimum absolute atomic E-state index is 0.0825. The Morgan fingerprint density at radius 3 is 2.00 bits per heavy atom. The number of nitrogens with one attached hydrogen (secondary N) is 1. The van der Waals surface area contributed by atoms with Crippen LogP contribution in [0.4, 0.5) is 11.4 Å². The van der Waals surface area contributed by atoms with Gasteiger partial charge in [0.15, 0.2) is 0 Å². The van der Waals surface area contributed by atoms with Crippen molar-refractivity contribution in [2.45, 2.75) is 6.04 Å². The molecule has 0 aromatic heterocycles. The Balaban J connectivity index is 1.63. The Morgan fingerprint density at radius 1 is 0.750 bits per heavy atom. The van der Waals surface area contributed by atoms with E-state index in [9.17, 15) is 14.4 Å². The van der Waals surface area contributed by atoms with Gasteiger partial charge in [0.1, 0.15) is 11.5 Å². The van der Waals surface area contributed by atoms with Crippen molar-refractivity contribution in [3.63, 3.8) is 0 Å². The van der Waals surface area contributed by atoms with Crippen LogP contribution >= 0.6 is 0 Å². The molecule has 0 bridgehead atoms. The number of esters is 1. The Kier molecular flexibility index (Phi) is 4.88. The van der Waals surface area contributed by atoms with E-state index >= 15 is 0 Å². The number of amides is 1. The number of rotatable bonds is 4.